The number of nitrogens with zero attached hydrogens (tertiary/aromatic N) is 1. The smallest absolute Gasteiger partial charge is 0.332 e. The third-order valence-electron chi connectivity index (χ3n) is 2.15. The molecule has 0 unspecified atom stereocenters. The van der Waals surface area contributed by atoms with E-state index in [1.165, 1.54) is 0 Å². The Balaban J connectivity index is 4.45. The van der Waals surface area contributed by atoms with Gasteiger partial charge in [-0.2, -0.15) is 0 Å². The molecule has 0 atom stereocenters. The van der Waals surface area contributed by atoms with E-state index in [-0.39, 0.29) is 5.97 Å². The molecule has 3 nitrogen and oxygen atoms in total. The van der Waals surface area contributed by atoms with E-state index in [1.807, 2.05) is 20.9 Å². The zero-order chi connectivity index (χ0) is 11.4. The van der Waals surface area contributed by atoms with Crippen molar-refractivity contribution < 1.29 is 9.53 Å². The molecule has 0 saturated heterocycles. The fourth-order valence-electron chi connectivity index (χ4n) is 0.980. The Kier molecular flexibility index (Phi) is 4.91. The van der Waals surface area contributed by atoms with Crippen molar-refractivity contribution in [2.24, 2.45) is 0 Å². The zero-order valence-corrected chi connectivity index (χ0v) is 11.0. The fraction of sp³-hybridized carbons (Fsp3) is 0.700. The number of esters is 1. The summed E-state index contributed by atoms with van der Waals surface area (Å²) >= 11 is 0. The van der Waals surface area contributed by atoms with E-state index in [2.05, 4.69) is 24.2 Å². The van der Waals surface area contributed by atoms with Crippen molar-refractivity contribution in [3.05, 3.63) is 11.8 Å². The van der Waals surface area contributed by atoms with Gasteiger partial charge in [-0.05, 0) is 20.9 Å². The summed E-state index contributed by atoms with van der Waals surface area (Å²) in [5.74, 6) is -0.255. The summed E-state index contributed by atoms with van der Waals surface area (Å²) in [6.07, 6.45) is 1.56. The Morgan fingerprint density at radius 3 is 2.29 bits per heavy atom. The lowest BCUT2D eigenvalue weighted by molar-refractivity contribution is -0.137. The summed E-state index contributed by atoms with van der Waals surface area (Å²) in [5, 5.41) is 0. The van der Waals surface area contributed by atoms with Crippen LogP contribution in [0, 0.1) is 0 Å². The average Bonchev–Trinajstić information content (AvgIpc) is 2.01. The minimum absolute atomic E-state index is 0.255. The van der Waals surface area contributed by atoms with Crippen LogP contribution in [0.5, 0.6) is 0 Å². The number of ether oxygens (including phenoxy) is 1. The molecule has 0 heterocycles. The van der Waals surface area contributed by atoms with Gasteiger partial charge in [0.15, 0.2) is 0 Å². The first-order valence-electron chi connectivity index (χ1n) is 4.88. The van der Waals surface area contributed by atoms with Crippen molar-refractivity contribution in [1.29, 1.82) is 0 Å². The number of carbonyl (C=O) groups is 1. The molecular weight excluding hydrogens is 194 g/mol. The first-order valence-corrected chi connectivity index (χ1v) is 8.32. The lowest BCUT2D eigenvalue weighted by atomic mass is 10.4. The fourth-order valence-corrected chi connectivity index (χ4v) is 2.10. The van der Waals surface area contributed by atoms with Crippen molar-refractivity contribution in [2.45, 2.75) is 33.5 Å². The van der Waals surface area contributed by atoms with Crippen LogP contribution in [0.25, 0.3) is 0 Å². The van der Waals surface area contributed by atoms with Crippen LogP contribution in [-0.2, 0) is 9.53 Å². The molecule has 0 fully saturated rings. The molecular formula is C10H21NO2Si. The Labute approximate surface area is 87.8 Å². The highest BCUT2D eigenvalue weighted by atomic mass is 28.3. The van der Waals surface area contributed by atoms with Crippen LogP contribution in [-0.4, -0.2) is 32.4 Å². The summed E-state index contributed by atoms with van der Waals surface area (Å²) in [6, 6.07) is 0. The molecule has 0 bridgehead atoms. The van der Waals surface area contributed by atoms with Gasteiger partial charge in [0, 0.05) is 11.8 Å². The van der Waals surface area contributed by atoms with E-state index in [4.69, 9.17) is 4.74 Å². The standard InChI is InChI=1S/C10H21NO2Si/c1-7-13-10(12)8-9(2)11(3)14(4,5)6/h8H,7H2,1-6H3. The third kappa shape index (κ3) is 4.46. The van der Waals surface area contributed by atoms with Crippen LogP contribution < -0.4 is 0 Å². The van der Waals surface area contributed by atoms with Gasteiger partial charge in [-0.25, -0.2) is 4.79 Å². The summed E-state index contributed by atoms with van der Waals surface area (Å²) in [7, 11) is 0.669. The molecule has 0 aliphatic heterocycles. The molecule has 0 rings (SSSR count). The maximum Gasteiger partial charge on any atom is 0.332 e. The van der Waals surface area contributed by atoms with Crippen molar-refractivity contribution in [3.63, 3.8) is 0 Å². The molecule has 0 aliphatic rings. The second-order valence-corrected chi connectivity index (χ2v) is 9.28. The SMILES string of the molecule is CCOC(=O)C=C(C)N(C)[Si](C)(C)C. The highest BCUT2D eigenvalue weighted by Gasteiger charge is 2.20. The molecule has 0 aliphatic carbocycles. The molecule has 14 heavy (non-hydrogen) atoms. The van der Waals surface area contributed by atoms with Crippen LogP contribution in [0.2, 0.25) is 19.6 Å². The van der Waals surface area contributed by atoms with Gasteiger partial charge in [-0.3, -0.25) is 0 Å². The molecule has 0 aromatic heterocycles. The topological polar surface area (TPSA) is 29.5 Å². The Hall–Kier alpha value is -0.773. The summed E-state index contributed by atoms with van der Waals surface area (Å²) < 4.78 is 7.03. The molecule has 0 amide bonds. The Morgan fingerprint density at radius 1 is 1.43 bits per heavy atom. The van der Waals surface area contributed by atoms with E-state index >= 15 is 0 Å². The van der Waals surface area contributed by atoms with Crippen molar-refractivity contribution in [3.8, 4) is 0 Å². The van der Waals surface area contributed by atoms with Gasteiger partial charge in [-0.15, -0.1) is 0 Å². The second kappa shape index (κ2) is 5.19. The van der Waals surface area contributed by atoms with Gasteiger partial charge < -0.3 is 9.30 Å². The molecule has 0 saturated carbocycles. The largest absolute Gasteiger partial charge is 0.463 e. The van der Waals surface area contributed by atoms with Crippen LogP contribution in [0.4, 0.5) is 0 Å². The minimum Gasteiger partial charge on any atom is -0.463 e. The van der Waals surface area contributed by atoms with Gasteiger partial charge in [0.2, 0.25) is 0 Å². The molecule has 82 valence electrons. The van der Waals surface area contributed by atoms with Gasteiger partial charge in [0.25, 0.3) is 0 Å². The van der Waals surface area contributed by atoms with Crippen LogP contribution in [0.1, 0.15) is 13.8 Å². The quantitative estimate of drug-likeness (QED) is 0.409. The van der Waals surface area contributed by atoms with Crippen molar-refractivity contribution in [2.75, 3.05) is 13.7 Å². The van der Waals surface area contributed by atoms with Crippen LogP contribution in [0.15, 0.2) is 11.8 Å². The number of hydrogen-bond acceptors (Lipinski definition) is 3. The molecule has 0 radical (unpaired) electrons. The first-order chi connectivity index (χ1) is 6.29. The van der Waals surface area contributed by atoms with Gasteiger partial charge in [0.1, 0.15) is 8.24 Å². The average molecular weight is 215 g/mol. The highest BCUT2D eigenvalue weighted by molar-refractivity contribution is 6.73. The van der Waals surface area contributed by atoms with E-state index in [0.717, 1.165) is 5.70 Å². The van der Waals surface area contributed by atoms with Crippen molar-refractivity contribution >= 4 is 14.2 Å². The van der Waals surface area contributed by atoms with Crippen LogP contribution in [0.3, 0.4) is 0 Å². The zero-order valence-electron chi connectivity index (χ0n) is 10.0. The van der Waals surface area contributed by atoms with Crippen LogP contribution >= 0.6 is 0 Å². The lowest BCUT2D eigenvalue weighted by Gasteiger charge is -2.32. The molecule has 0 aromatic rings. The molecule has 0 aromatic carbocycles. The summed E-state index contributed by atoms with van der Waals surface area (Å²) in [4.78, 5) is 11.2. The molecule has 4 heteroatoms. The third-order valence-corrected chi connectivity index (χ3v) is 4.51. The van der Waals surface area contributed by atoms with E-state index in [9.17, 15) is 4.79 Å². The van der Waals surface area contributed by atoms with Gasteiger partial charge in [-0.1, -0.05) is 19.6 Å². The number of allylic oxidation sites excluding steroid dienone is 1. The minimum atomic E-state index is -1.36. The Bertz CT molecular complexity index is 231. The molecule has 0 spiro atoms. The maximum absolute atomic E-state index is 11.2. The second-order valence-electron chi connectivity index (χ2n) is 4.27. The summed E-state index contributed by atoms with van der Waals surface area (Å²) in [6.45, 7) is 10.9. The lowest BCUT2D eigenvalue weighted by Crippen LogP contribution is -2.41. The van der Waals surface area contributed by atoms with E-state index in [0.29, 0.717) is 6.61 Å². The summed E-state index contributed by atoms with van der Waals surface area (Å²) in [5.41, 5.74) is 0.975. The number of carbonyl (C=O) groups excluding carboxylic acids is 1. The predicted octanol–water partition coefficient (Wildman–Crippen LogP) is 2.22. The van der Waals surface area contributed by atoms with E-state index in [1.54, 1.807) is 6.08 Å². The maximum atomic E-state index is 11.2. The number of rotatable bonds is 4. The van der Waals surface area contributed by atoms with Gasteiger partial charge >= 0.3 is 5.97 Å². The van der Waals surface area contributed by atoms with Gasteiger partial charge in [0.05, 0.1) is 6.61 Å². The predicted molar refractivity (Wildman–Crippen MR) is 61.5 cm³/mol. The van der Waals surface area contributed by atoms with E-state index < -0.39 is 8.24 Å². The van der Waals surface area contributed by atoms with Crippen molar-refractivity contribution in [1.82, 2.24) is 4.57 Å². The Morgan fingerprint density at radius 2 is 1.93 bits per heavy atom. The normalized spacial score (nSPS) is 12.6. The first kappa shape index (κ1) is 13.2. The monoisotopic (exact) mass is 215 g/mol. The molecule has 0 N–H and O–H groups in total. The number of hydrogen-bond donors (Lipinski definition) is 0. The highest BCUT2D eigenvalue weighted by Crippen LogP contribution is 2.13.